The molecule has 0 unspecified atom stereocenters. The summed E-state index contributed by atoms with van der Waals surface area (Å²) in [6.45, 7) is 4.53. The first kappa shape index (κ1) is 12.9. The highest BCUT2D eigenvalue weighted by atomic mass is 32.1. The van der Waals surface area contributed by atoms with E-state index in [0.29, 0.717) is 12.4 Å². The molecular weight excluding hydrogens is 270 g/mol. The molecule has 1 aromatic heterocycles. The van der Waals surface area contributed by atoms with E-state index in [0.717, 1.165) is 32.1 Å². The van der Waals surface area contributed by atoms with Gasteiger partial charge in [-0.2, -0.15) is 0 Å². The minimum absolute atomic E-state index is 0.303. The first-order chi connectivity index (χ1) is 9.69. The largest absolute Gasteiger partial charge is 0.508 e. The summed E-state index contributed by atoms with van der Waals surface area (Å²) in [6.07, 6.45) is 0. The highest BCUT2D eigenvalue weighted by Crippen LogP contribution is 2.35. The highest BCUT2D eigenvalue weighted by Gasteiger charge is 2.11. The van der Waals surface area contributed by atoms with Crippen molar-refractivity contribution in [2.75, 3.05) is 6.61 Å². The minimum atomic E-state index is 0.303. The summed E-state index contributed by atoms with van der Waals surface area (Å²) >= 11 is 1.61. The van der Waals surface area contributed by atoms with Crippen LogP contribution in [0.4, 0.5) is 0 Å². The van der Waals surface area contributed by atoms with Crippen molar-refractivity contribution in [3.63, 3.8) is 0 Å². The maximum atomic E-state index is 9.81. The zero-order valence-electron chi connectivity index (χ0n) is 11.4. The quantitative estimate of drug-likeness (QED) is 0.776. The molecule has 3 rings (SSSR count). The molecule has 20 heavy (non-hydrogen) atoms. The molecular formula is C16H15NO2S. The van der Waals surface area contributed by atoms with Gasteiger partial charge >= 0.3 is 0 Å². The lowest BCUT2D eigenvalue weighted by Gasteiger charge is -2.03. The van der Waals surface area contributed by atoms with E-state index in [1.807, 2.05) is 44.2 Å². The number of aromatic nitrogens is 1. The smallest absolute Gasteiger partial charge is 0.125 e. The number of aromatic hydroxyl groups is 1. The van der Waals surface area contributed by atoms with Gasteiger partial charge in [0, 0.05) is 11.1 Å². The summed E-state index contributed by atoms with van der Waals surface area (Å²) in [6, 6.07) is 11.4. The van der Waals surface area contributed by atoms with E-state index in [-0.39, 0.29) is 0 Å². The van der Waals surface area contributed by atoms with Gasteiger partial charge in [-0.15, -0.1) is 11.3 Å². The van der Waals surface area contributed by atoms with Gasteiger partial charge in [-0.05, 0) is 38.1 Å². The second-order valence-electron chi connectivity index (χ2n) is 4.53. The molecule has 0 radical (unpaired) electrons. The van der Waals surface area contributed by atoms with Gasteiger partial charge in [-0.3, -0.25) is 0 Å². The van der Waals surface area contributed by atoms with E-state index in [9.17, 15) is 5.11 Å². The zero-order valence-corrected chi connectivity index (χ0v) is 12.2. The van der Waals surface area contributed by atoms with Gasteiger partial charge in [0.05, 0.1) is 16.8 Å². The first-order valence-electron chi connectivity index (χ1n) is 6.51. The van der Waals surface area contributed by atoms with Gasteiger partial charge in [0.15, 0.2) is 0 Å². The van der Waals surface area contributed by atoms with Crippen LogP contribution in [0.1, 0.15) is 12.5 Å². The monoisotopic (exact) mass is 285 g/mol. The number of hydrogen-bond acceptors (Lipinski definition) is 4. The number of phenols is 1. The van der Waals surface area contributed by atoms with Gasteiger partial charge in [-0.1, -0.05) is 12.1 Å². The lowest BCUT2D eigenvalue weighted by molar-refractivity contribution is 0.341. The predicted molar refractivity (Wildman–Crippen MR) is 82.6 cm³/mol. The number of ether oxygens (including phenoxy) is 1. The van der Waals surface area contributed by atoms with Crippen molar-refractivity contribution in [2.24, 2.45) is 0 Å². The fourth-order valence-electron chi connectivity index (χ4n) is 2.13. The topological polar surface area (TPSA) is 42.4 Å². The summed E-state index contributed by atoms with van der Waals surface area (Å²) in [7, 11) is 0. The van der Waals surface area contributed by atoms with Gasteiger partial charge in [0.25, 0.3) is 0 Å². The van der Waals surface area contributed by atoms with Crippen LogP contribution in [0.5, 0.6) is 11.5 Å². The van der Waals surface area contributed by atoms with Crippen molar-refractivity contribution < 1.29 is 9.84 Å². The number of fused-ring (bicyclic) bond motifs is 1. The molecule has 1 N–H and O–H groups in total. The first-order valence-corrected chi connectivity index (χ1v) is 7.33. The molecule has 0 bridgehead atoms. The van der Waals surface area contributed by atoms with Crippen LogP contribution in [0.25, 0.3) is 20.8 Å². The van der Waals surface area contributed by atoms with E-state index < -0.39 is 0 Å². The molecule has 0 saturated heterocycles. The number of nitrogens with zero attached hydrogens (tertiary/aromatic N) is 1. The average Bonchev–Trinajstić information content (AvgIpc) is 2.85. The molecule has 3 aromatic rings. The normalized spacial score (nSPS) is 10.9. The third-order valence-electron chi connectivity index (χ3n) is 3.21. The van der Waals surface area contributed by atoms with Crippen LogP contribution in [0, 0.1) is 6.92 Å². The second kappa shape index (κ2) is 5.13. The van der Waals surface area contributed by atoms with Gasteiger partial charge in [-0.25, -0.2) is 4.98 Å². The van der Waals surface area contributed by atoms with Crippen LogP contribution < -0.4 is 4.74 Å². The van der Waals surface area contributed by atoms with Crippen molar-refractivity contribution in [3.05, 3.63) is 42.0 Å². The zero-order chi connectivity index (χ0) is 14.1. The van der Waals surface area contributed by atoms with E-state index in [1.165, 1.54) is 0 Å². The Morgan fingerprint density at radius 3 is 2.90 bits per heavy atom. The standard InChI is InChI=1S/C16H15NO2S/c1-3-19-11-7-8-13-15(9-11)20-16(17-13)12-5-4-6-14(18)10(12)2/h4-9,18H,3H2,1-2H3. The summed E-state index contributed by atoms with van der Waals surface area (Å²) < 4.78 is 6.60. The Labute approximate surface area is 121 Å². The molecule has 0 saturated carbocycles. The minimum Gasteiger partial charge on any atom is -0.508 e. The van der Waals surface area contributed by atoms with E-state index in [1.54, 1.807) is 17.4 Å². The Kier molecular flexibility index (Phi) is 3.32. The van der Waals surface area contributed by atoms with E-state index in [2.05, 4.69) is 4.98 Å². The highest BCUT2D eigenvalue weighted by molar-refractivity contribution is 7.21. The Bertz CT molecular complexity index is 764. The number of phenolic OH excluding ortho intramolecular Hbond substituents is 1. The Balaban J connectivity index is 2.10. The summed E-state index contributed by atoms with van der Waals surface area (Å²) in [4.78, 5) is 4.64. The van der Waals surface area contributed by atoms with Gasteiger partial charge in [0.1, 0.15) is 16.5 Å². The molecule has 0 spiro atoms. The van der Waals surface area contributed by atoms with Crippen molar-refractivity contribution in [3.8, 4) is 22.1 Å². The molecule has 0 amide bonds. The average molecular weight is 285 g/mol. The van der Waals surface area contributed by atoms with Crippen LogP contribution in [-0.4, -0.2) is 16.7 Å². The summed E-state index contributed by atoms with van der Waals surface area (Å²) in [5.41, 5.74) is 2.79. The van der Waals surface area contributed by atoms with Crippen molar-refractivity contribution in [2.45, 2.75) is 13.8 Å². The molecule has 102 valence electrons. The Morgan fingerprint density at radius 2 is 2.10 bits per heavy atom. The summed E-state index contributed by atoms with van der Waals surface area (Å²) in [5, 5.41) is 10.7. The van der Waals surface area contributed by atoms with E-state index in [4.69, 9.17) is 4.74 Å². The van der Waals surface area contributed by atoms with Crippen LogP contribution >= 0.6 is 11.3 Å². The van der Waals surface area contributed by atoms with Crippen LogP contribution in [-0.2, 0) is 0 Å². The molecule has 1 heterocycles. The molecule has 4 heteroatoms. The lowest BCUT2D eigenvalue weighted by Crippen LogP contribution is -1.89. The number of hydrogen-bond donors (Lipinski definition) is 1. The number of thiazole rings is 1. The van der Waals surface area contributed by atoms with Crippen molar-refractivity contribution in [1.82, 2.24) is 4.98 Å². The molecule has 0 fully saturated rings. The van der Waals surface area contributed by atoms with Crippen molar-refractivity contribution >= 4 is 21.6 Å². The maximum Gasteiger partial charge on any atom is 0.125 e. The molecule has 0 aliphatic carbocycles. The second-order valence-corrected chi connectivity index (χ2v) is 5.56. The SMILES string of the molecule is CCOc1ccc2nc(-c3cccc(O)c3C)sc2c1. The fourth-order valence-corrected chi connectivity index (χ4v) is 3.21. The third-order valence-corrected chi connectivity index (χ3v) is 4.26. The molecule has 0 aliphatic heterocycles. The Hall–Kier alpha value is -2.07. The predicted octanol–water partition coefficient (Wildman–Crippen LogP) is 4.38. The van der Waals surface area contributed by atoms with Gasteiger partial charge in [0.2, 0.25) is 0 Å². The molecule has 3 nitrogen and oxygen atoms in total. The lowest BCUT2D eigenvalue weighted by atomic mass is 10.1. The molecule has 0 aliphatic rings. The van der Waals surface area contributed by atoms with Crippen LogP contribution in [0.15, 0.2) is 36.4 Å². The molecule has 0 atom stereocenters. The number of benzene rings is 2. The Morgan fingerprint density at radius 1 is 1.25 bits per heavy atom. The van der Waals surface area contributed by atoms with Crippen LogP contribution in [0.2, 0.25) is 0 Å². The molecule has 2 aromatic carbocycles. The maximum absolute atomic E-state index is 9.81. The van der Waals surface area contributed by atoms with E-state index >= 15 is 0 Å². The van der Waals surface area contributed by atoms with Crippen LogP contribution in [0.3, 0.4) is 0 Å². The third kappa shape index (κ3) is 2.23. The summed E-state index contributed by atoms with van der Waals surface area (Å²) in [5.74, 6) is 1.17. The van der Waals surface area contributed by atoms with Crippen molar-refractivity contribution in [1.29, 1.82) is 0 Å². The fraction of sp³-hybridized carbons (Fsp3) is 0.188. The number of rotatable bonds is 3. The van der Waals surface area contributed by atoms with Gasteiger partial charge < -0.3 is 9.84 Å².